The maximum absolute atomic E-state index is 5.40. The first-order valence-electron chi connectivity index (χ1n) is 5.07. The molecule has 84 valence electrons. The van der Waals surface area contributed by atoms with Gasteiger partial charge in [-0.25, -0.2) is 4.98 Å². The number of rotatable bonds is 3. The van der Waals surface area contributed by atoms with E-state index in [1.165, 1.54) is 4.88 Å². The normalized spacial score (nSPS) is 10.4. The van der Waals surface area contributed by atoms with Crippen molar-refractivity contribution in [2.75, 3.05) is 6.61 Å². The third kappa shape index (κ3) is 2.44. The van der Waals surface area contributed by atoms with Crippen LogP contribution in [-0.4, -0.2) is 11.6 Å². The van der Waals surface area contributed by atoms with Gasteiger partial charge in [-0.05, 0) is 54.0 Å². The lowest BCUT2D eigenvalue weighted by Crippen LogP contribution is -1.90. The Morgan fingerprint density at radius 1 is 1.31 bits per heavy atom. The van der Waals surface area contributed by atoms with Crippen LogP contribution in [0.1, 0.15) is 11.8 Å². The van der Waals surface area contributed by atoms with Crippen molar-refractivity contribution in [1.29, 1.82) is 0 Å². The molecule has 2 aromatic rings. The molecular weight excluding hydrogens is 286 g/mol. The van der Waals surface area contributed by atoms with E-state index in [-0.39, 0.29) is 0 Å². The Hall–Kier alpha value is -0.870. The Morgan fingerprint density at radius 2 is 2.00 bits per heavy atom. The summed E-state index contributed by atoms with van der Waals surface area (Å²) in [5.74, 6) is 0.901. The Morgan fingerprint density at radius 3 is 2.50 bits per heavy atom. The van der Waals surface area contributed by atoms with E-state index in [1.54, 1.807) is 11.3 Å². The number of aromatic nitrogens is 1. The molecule has 0 saturated heterocycles. The Labute approximate surface area is 107 Å². The summed E-state index contributed by atoms with van der Waals surface area (Å²) in [4.78, 5) is 5.65. The molecule has 2 rings (SSSR count). The Kier molecular flexibility index (Phi) is 3.61. The zero-order valence-corrected chi connectivity index (χ0v) is 11.6. The van der Waals surface area contributed by atoms with Gasteiger partial charge < -0.3 is 4.74 Å². The lowest BCUT2D eigenvalue weighted by Gasteiger charge is -2.02. The summed E-state index contributed by atoms with van der Waals surface area (Å²) in [5.41, 5.74) is 1.13. The van der Waals surface area contributed by atoms with Crippen LogP contribution < -0.4 is 4.74 Å². The van der Waals surface area contributed by atoms with Gasteiger partial charge in [-0.1, -0.05) is 0 Å². The molecule has 1 heterocycles. The van der Waals surface area contributed by atoms with Crippen molar-refractivity contribution in [3.8, 4) is 16.3 Å². The molecule has 16 heavy (non-hydrogen) atoms. The van der Waals surface area contributed by atoms with Crippen LogP contribution in [0.5, 0.6) is 5.75 Å². The van der Waals surface area contributed by atoms with Crippen molar-refractivity contribution in [1.82, 2.24) is 4.98 Å². The zero-order valence-electron chi connectivity index (χ0n) is 9.16. The van der Waals surface area contributed by atoms with Crippen molar-refractivity contribution in [2.24, 2.45) is 0 Å². The van der Waals surface area contributed by atoms with Gasteiger partial charge in [0.1, 0.15) is 15.4 Å². The van der Waals surface area contributed by atoms with Crippen molar-refractivity contribution in [3.05, 3.63) is 33.7 Å². The molecule has 0 atom stereocenters. The van der Waals surface area contributed by atoms with E-state index in [1.807, 2.05) is 31.2 Å². The van der Waals surface area contributed by atoms with E-state index in [0.717, 1.165) is 20.9 Å². The number of hydrogen-bond donors (Lipinski definition) is 0. The molecule has 0 radical (unpaired) electrons. The largest absolute Gasteiger partial charge is 0.494 e. The molecule has 0 fully saturated rings. The minimum Gasteiger partial charge on any atom is -0.494 e. The second kappa shape index (κ2) is 4.97. The predicted octanol–water partition coefficient (Wildman–Crippen LogP) is 4.28. The topological polar surface area (TPSA) is 22.1 Å². The predicted molar refractivity (Wildman–Crippen MR) is 71.2 cm³/mol. The van der Waals surface area contributed by atoms with Crippen LogP contribution >= 0.6 is 27.3 Å². The first kappa shape index (κ1) is 11.6. The molecule has 4 heteroatoms. The minimum atomic E-state index is 0.696. The van der Waals surface area contributed by atoms with E-state index in [4.69, 9.17) is 4.74 Å². The molecule has 0 saturated carbocycles. The van der Waals surface area contributed by atoms with E-state index < -0.39 is 0 Å². The first-order chi connectivity index (χ1) is 7.70. The van der Waals surface area contributed by atoms with Crippen molar-refractivity contribution in [2.45, 2.75) is 13.8 Å². The maximum Gasteiger partial charge on any atom is 0.124 e. The smallest absolute Gasteiger partial charge is 0.124 e. The van der Waals surface area contributed by atoms with Crippen molar-refractivity contribution >= 4 is 27.3 Å². The third-order valence-electron chi connectivity index (χ3n) is 2.15. The summed E-state index contributed by atoms with van der Waals surface area (Å²) in [5, 5.41) is 1.03. The summed E-state index contributed by atoms with van der Waals surface area (Å²) < 4.78 is 6.33. The fraction of sp³-hybridized carbons (Fsp3) is 0.250. The summed E-state index contributed by atoms with van der Waals surface area (Å²) in [6, 6.07) is 8.03. The van der Waals surface area contributed by atoms with Crippen LogP contribution in [-0.2, 0) is 0 Å². The number of nitrogens with zero attached hydrogens (tertiary/aromatic N) is 1. The minimum absolute atomic E-state index is 0.696. The van der Waals surface area contributed by atoms with Gasteiger partial charge in [-0.3, -0.25) is 0 Å². The van der Waals surface area contributed by atoms with Crippen LogP contribution in [0.2, 0.25) is 0 Å². The third-order valence-corrected chi connectivity index (χ3v) is 4.21. The Balaban J connectivity index is 2.27. The molecule has 0 aliphatic rings. The van der Waals surface area contributed by atoms with Gasteiger partial charge in [-0.2, -0.15) is 0 Å². The number of hydrogen-bond acceptors (Lipinski definition) is 3. The summed E-state index contributed by atoms with van der Waals surface area (Å²) in [6.45, 7) is 4.73. The van der Waals surface area contributed by atoms with E-state index in [9.17, 15) is 0 Å². The molecular formula is C12H12BrNOS. The Bertz CT molecular complexity index is 459. The van der Waals surface area contributed by atoms with Crippen LogP contribution in [0.15, 0.2) is 28.9 Å². The molecule has 0 aliphatic carbocycles. The fourth-order valence-electron chi connectivity index (χ4n) is 1.36. The second-order valence-corrected chi connectivity index (χ2v) is 5.28. The highest BCUT2D eigenvalue weighted by atomic mass is 79.9. The molecule has 0 unspecified atom stereocenters. The monoisotopic (exact) mass is 297 g/mol. The van der Waals surface area contributed by atoms with Crippen molar-refractivity contribution < 1.29 is 4.74 Å². The quantitative estimate of drug-likeness (QED) is 0.843. The molecule has 0 bridgehead atoms. The second-order valence-electron chi connectivity index (χ2n) is 3.32. The van der Waals surface area contributed by atoms with Gasteiger partial charge in [0.2, 0.25) is 0 Å². The molecule has 2 nitrogen and oxygen atoms in total. The van der Waals surface area contributed by atoms with Gasteiger partial charge >= 0.3 is 0 Å². The van der Waals surface area contributed by atoms with Crippen LogP contribution in [0.3, 0.4) is 0 Å². The van der Waals surface area contributed by atoms with Gasteiger partial charge in [0, 0.05) is 10.4 Å². The summed E-state index contributed by atoms with van der Waals surface area (Å²) in [6.07, 6.45) is 0. The fourth-order valence-corrected chi connectivity index (χ4v) is 2.71. The number of halogens is 1. The summed E-state index contributed by atoms with van der Waals surface area (Å²) in [7, 11) is 0. The van der Waals surface area contributed by atoms with Gasteiger partial charge in [0.25, 0.3) is 0 Å². The van der Waals surface area contributed by atoms with Crippen LogP contribution in [0, 0.1) is 6.92 Å². The average Bonchev–Trinajstić information content (AvgIpc) is 2.61. The molecule has 0 amide bonds. The first-order valence-corrected chi connectivity index (χ1v) is 6.68. The molecule has 1 aromatic heterocycles. The number of aryl methyl sites for hydroxylation is 1. The lowest BCUT2D eigenvalue weighted by atomic mass is 10.2. The molecule has 0 spiro atoms. The zero-order chi connectivity index (χ0) is 11.5. The lowest BCUT2D eigenvalue weighted by molar-refractivity contribution is 0.340. The number of thiazole rings is 1. The molecule has 0 aliphatic heterocycles. The highest BCUT2D eigenvalue weighted by Crippen LogP contribution is 2.31. The SMILES string of the molecule is CCOc1ccc(-c2nc(Br)c(C)s2)cc1. The van der Waals surface area contributed by atoms with Crippen molar-refractivity contribution in [3.63, 3.8) is 0 Å². The standard InChI is InChI=1S/C12H12BrNOS/c1-3-15-10-6-4-9(5-7-10)12-14-11(13)8(2)16-12/h4-7H,3H2,1-2H3. The highest BCUT2D eigenvalue weighted by Gasteiger charge is 2.06. The van der Waals surface area contributed by atoms with Gasteiger partial charge in [-0.15, -0.1) is 11.3 Å². The summed E-state index contributed by atoms with van der Waals surface area (Å²) >= 11 is 5.12. The van der Waals surface area contributed by atoms with Gasteiger partial charge in [0.15, 0.2) is 0 Å². The van der Waals surface area contributed by atoms with Crippen LogP contribution in [0.4, 0.5) is 0 Å². The average molecular weight is 298 g/mol. The number of ether oxygens (including phenoxy) is 1. The van der Waals surface area contributed by atoms with E-state index >= 15 is 0 Å². The van der Waals surface area contributed by atoms with Crippen LogP contribution in [0.25, 0.3) is 10.6 Å². The molecule has 0 N–H and O–H groups in total. The van der Waals surface area contributed by atoms with Gasteiger partial charge in [0.05, 0.1) is 6.61 Å². The van der Waals surface area contributed by atoms with E-state index in [2.05, 4.69) is 27.8 Å². The molecule has 1 aromatic carbocycles. The van der Waals surface area contributed by atoms with E-state index in [0.29, 0.717) is 6.61 Å². The highest BCUT2D eigenvalue weighted by molar-refractivity contribution is 9.10. The number of benzene rings is 1. The maximum atomic E-state index is 5.40.